The molecule has 1 atom stereocenters. The van der Waals surface area contributed by atoms with Gasteiger partial charge in [0.1, 0.15) is 6.61 Å². The Morgan fingerprint density at radius 1 is 0.359 bits per heavy atom. The standard InChI is InChI=1S/C59H106O5/c1-4-7-10-13-16-19-22-25-27-28-29-30-31-33-36-39-42-45-48-51-54-62-55-57(64-59(61)53-50-47-44-41-38-34-24-21-18-15-12-9-6-3)56-63-58(60)52-49-46-43-40-37-35-32-26-23-20-17-14-11-8-5-2/h8,11,17,20-21,24-27,32,57H,4-7,9-10,12-16,18-19,22-23,28-31,33-56H2,1-3H3/b11-8-,20-17-,24-21-,27-25-,32-26-. The van der Waals surface area contributed by atoms with E-state index in [1.54, 1.807) is 0 Å². The van der Waals surface area contributed by atoms with E-state index in [0.29, 0.717) is 19.4 Å². The second-order valence-corrected chi connectivity index (χ2v) is 18.4. The molecule has 0 rings (SSSR count). The van der Waals surface area contributed by atoms with Crippen molar-refractivity contribution in [2.75, 3.05) is 19.8 Å². The van der Waals surface area contributed by atoms with E-state index in [1.165, 1.54) is 161 Å². The zero-order valence-corrected chi connectivity index (χ0v) is 42.8. The van der Waals surface area contributed by atoms with Gasteiger partial charge in [-0.15, -0.1) is 0 Å². The Hall–Kier alpha value is -2.40. The van der Waals surface area contributed by atoms with Gasteiger partial charge in [0.05, 0.1) is 6.61 Å². The molecule has 0 aliphatic heterocycles. The van der Waals surface area contributed by atoms with Crippen LogP contribution in [0.2, 0.25) is 0 Å². The van der Waals surface area contributed by atoms with E-state index in [0.717, 1.165) is 83.5 Å². The molecule has 5 nitrogen and oxygen atoms in total. The second-order valence-electron chi connectivity index (χ2n) is 18.4. The first-order valence-corrected chi connectivity index (χ1v) is 27.8. The van der Waals surface area contributed by atoms with Crippen molar-refractivity contribution >= 4 is 11.9 Å². The number of hydrogen-bond donors (Lipinski definition) is 0. The lowest BCUT2D eigenvalue weighted by Gasteiger charge is -2.18. The molecule has 0 aliphatic rings. The number of esters is 2. The third-order valence-corrected chi connectivity index (χ3v) is 12.0. The van der Waals surface area contributed by atoms with Crippen molar-refractivity contribution in [1.82, 2.24) is 0 Å². The summed E-state index contributed by atoms with van der Waals surface area (Å²) in [5.74, 6) is -0.419. The van der Waals surface area contributed by atoms with Gasteiger partial charge in [-0.3, -0.25) is 9.59 Å². The Morgan fingerprint density at radius 3 is 1.16 bits per heavy atom. The number of allylic oxidation sites excluding steroid dienone is 10. The van der Waals surface area contributed by atoms with Crippen LogP contribution in [0, 0.1) is 0 Å². The van der Waals surface area contributed by atoms with Crippen LogP contribution in [-0.2, 0) is 23.8 Å². The van der Waals surface area contributed by atoms with Gasteiger partial charge in [-0.2, -0.15) is 0 Å². The molecule has 0 heterocycles. The van der Waals surface area contributed by atoms with E-state index in [9.17, 15) is 9.59 Å². The van der Waals surface area contributed by atoms with Crippen molar-refractivity contribution in [2.24, 2.45) is 0 Å². The van der Waals surface area contributed by atoms with E-state index in [-0.39, 0.29) is 25.2 Å². The van der Waals surface area contributed by atoms with Crippen LogP contribution >= 0.6 is 0 Å². The third kappa shape index (κ3) is 52.2. The minimum Gasteiger partial charge on any atom is -0.462 e. The zero-order chi connectivity index (χ0) is 46.3. The summed E-state index contributed by atoms with van der Waals surface area (Å²) in [5.41, 5.74) is 0. The van der Waals surface area contributed by atoms with Crippen LogP contribution in [0.5, 0.6) is 0 Å². The molecular formula is C59H106O5. The summed E-state index contributed by atoms with van der Waals surface area (Å²) < 4.78 is 17.4. The van der Waals surface area contributed by atoms with Crippen LogP contribution in [0.4, 0.5) is 0 Å². The number of rotatable bonds is 51. The van der Waals surface area contributed by atoms with Gasteiger partial charge in [-0.05, 0) is 103 Å². The third-order valence-electron chi connectivity index (χ3n) is 12.0. The SMILES string of the molecule is CC/C=C\C/C=C\C/C=C\CCCCCCCC(=O)OCC(COCCCCCCCCCCCC/C=C\CCCCCCCC)OC(=O)CCCCCCC/C=C\CCCCCC. The summed E-state index contributed by atoms with van der Waals surface area (Å²) in [7, 11) is 0. The first-order chi connectivity index (χ1) is 31.6. The Labute approximate surface area is 398 Å². The minimum atomic E-state index is -0.548. The normalized spacial score (nSPS) is 12.6. The Bertz CT molecular complexity index is 1100. The van der Waals surface area contributed by atoms with E-state index >= 15 is 0 Å². The molecule has 372 valence electrons. The summed E-state index contributed by atoms with van der Waals surface area (Å²) in [6, 6.07) is 0. The molecule has 64 heavy (non-hydrogen) atoms. The van der Waals surface area contributed by atoms with Gasteiger partial charge in [-0.25, -0.2) is 0 Å². The molecule has 0 N–H and O–H groups in total. The quantitative estimate of drug-likeness (QED) is 0.0346. The van der Waals surface area contributed by atoms with Crippen molar-refractivity contribution in [3.05, 3.63) is 60.8 Å². The van der Waals surface area contributed by atoms with Crippen molar-refractivity contribution in [3.63, 3.8) is 0 Å². The maximum absolute atomic E-state index is 12.8. The van der Waals surface area contributed by atoms with Crippen LogP contribution in [0.15, 0.2) is 60.8 Å². The highest BCUT2D eigenvalue weighted by atomic mass is 16.6. The summed E-state index contributed by atoms with van der Waals surface area (Å²) >= 11 is 0. The molecule has 0 aromatic heterocycles. The van der Waals surface area contributed by atoms with Gasteiger partial charge in [0, 0.05) is 19.4 Å². The molecule has 0 spiro atoms. The molecule has 5 heteroatoms. The number of carbonyl (C=O) groups excluding carboxylic acids is 2. The maximum atomic E-state index is 12.8. The second kappa shape index (κ2) is 54.9. The Balaban J connectivity index is 4.25. The molecule has 0 radical (unpaired) electrons. The van der Waals surface area contributed by atoms with Gasteiger partial charge in [0.15, 0.2) is 6.10 Å². The van der Waals surface area contributed by atoms with Crippen LogP contribution in [-0.4, -0.2) is 37.9 Å². The van der Waals surface area contributed by atoms with Gasteiger partial charge in [0.25, 0.3) is 0 Å². The van der Waals surface area contributed by atoms with Crippen LogP contribution < -0.4 is 0 Å². The predicted molar refractivity (Wildman–Crippen MR) is 279 cm³/mol. The lowest BCUT2D eigenvalue weighted by atomic mass is 10.1. The number of unbranched alkanes of at least 4 members (excludes halogenated alkanes) is 30. The molecule has 0 aliphatic carbocycles. The predicted octanol–water partition coefficient (Wildman–Crippen LogP) is 18.9. The number of hydrogen-bond acceptors (Lipinski definition) is 5. The molecule has 0 bridgehead atoms. The highest BCUT2D eigenvalue weighted by Gasteiger charge is 2.17. The molecule has 0 aromatic rings. The lowest BCUT2D eigenvalue weighted by molar-refractivity contribution is -0.163. The maximum Gasteiger partial charge on any atom is 0.306 e. The molecule has 0 amide bonds. The van der Waals surface area contributed by atoms with Gasteiger partial charge in [-0.1, -0.05) is 223 Å². The molecule has 0 saturated carbocycles. The lowest BCUT2D eigenvalue weighted by Crippen LogP contribution is -2.30. The summed E-state index contributed by atoms with van der Waals surface area (Å²) in [5, 5.41) is 0. The van der Waals surface area contributed by atoms with Gasteiger partial charge < -0.3 is 14.2 Å². The van der Waals surface area contributed by atoms with Gasteiger partial charge in [0.2, 0.25) is 0 Å². The molecule has 1 unspecified atom stereocenters. The van der Waals surface area contributed by atoms with E-state index < -0.39 is 6.10 Å². The number of carbonyl (C=O) groups is 2. The van der Waals surface area contributed by atoms with Crippen LogP contribution in [0.1, 0.15) is 278 Å². The summed E-state index contributed by atoms with van der Waals surface area (Å²) in [6.07, 6.45) is 69.5. The zero-order valence-electron chi connectivity index (χ0n) is 42.8. The van der Waals surface area contributed by atoms with E-state index in [4.69, 9.17) is 14.2 Å². The molecule has 0 saturated heterocycles. The first-order valence-electron chi connectivity index (χ1n) is 27.8. The van der Waals surface area contributed by atoms with E-state index in [1.807, 2.05) is 0 Å². The molecule has 0 fully saturated rings. The highest BCUT2D eigenvalue weighted by Crippen LogP contribution is 2.15. The first kappa shape index (κ1) is 61.6. The average molecular weight is 895 g/mol. The fourth-order valence-corrected chi connectivity index (χ4v) is 7.87. The van der Waals surface area contributed by atoms with Crippen LogP contribution in [0.25, 0.3) is 0 Å². The van der Waals surface area contributed by atoms with E-state index in [2.05, 4.69) is 81.5 Å². The molecular weight excluding hydrogens is 789 g/mol. The van der Waals surface area contributed by atoms with Crippen LogP contribution in [0.3, 0.4) is 0 Å². The Morgan fingerprint density at radius 2 is 0.703 bits per heavy atom. The summed E-state index contributed by atoms with van der Waals surface area (Å²) in [4.78, 5) is 25.4. The van der Waals surface area contributed by atoms with Crippen molar-refractivity contribution < 1.29 is 23.8 Å². The Kier molecular flexibility index (Phi) is 52.9. The summed E-state index contributed by atoms with van der Waals surface area (Å²) in [6.45, 7) is 7.70. The topological polar surface area (TPSA) is 61.8 Å². The van der Waals surface area contributed by atoms with Gasteiger partial charge >= 0.3 is 11.9 Å². The van der Waals surface area contributed by atoms with Crippen molar-refractivity contribution in [2.45, 2.75) is 284 Å². The molecule has 0 aromatic carbocycles. The van der Waals surface area contributed by atoms with Crippen molar-refractivity contribution in [1.29, 1.82) is 0 Å². The fourth-order valence-electron chi connectivity index (χ4n) is 7.87. The van der Waals surface area contributed by atoms with Crippen molar-refractivity contribution in [3.8, 4) is 0 Å². The number of ether oxygens (including phenoxy) is 3. The largest absolute Gasteiger partial charge is 0.462 e. The highest BCUT2D eigenvalue weighted by molar-refractivity contribution is 5.70. The minimum absolute atomic E-state index is 0.0730. The fraction of sp³-hybridized carbons (Fsp3) is 0.797. The smallest absolute Gasteiger partial charge is 0.306 e. The monoisotopic (exact) mass is 895 g/mol. The average Bonchev–Trinajstić information content (AvgIpc) is 3.30.